The highest BCUT2D eigenvalue weighted by atomic mass is 16.6. The van der Waals surface area contributed by atoms with Gasteiger partial charge in [-0.2, -0.15) is 0 Å². The van der Waals surface area contributed by atoms with Gasteiger partial charge in [-0.25, -0.2) is 0 Å². The summed E-state index contributed by atoms with van der Waals surface area (Å²) in [6.07, 6.45) is 0.958. The van der Waals surface area contributed by atoms with Gasteiger partial charge in [0.05, 0.1) is 6.54 Å². The van der Waals surface area contributed by atoms with E-state index < -0.39 is 5.60 Å². The third-order valence-corrected chi connectivity index (χ3v) is 3.39. The van der Waals surface area contributed by atoms with Crippen LogP contribution in [0.3, 0.4) is 0 Å². The largest absolute Gasteiger partial charge is 0.459 e. The summed E-state index contributed by atoms with van der Waals surface area (Å²) in [5.41, 5.74) is 0.961. The first-order chi connectivity index (χ1) is 9.60. The quantitative estimate of drug-likeness (QED) is 0.813. The van der Waals surface area contributed by atoms with Crippen LogP contribution in [0.15, 0.2) is 30.3 Å². The Morgan fingerprint density at radius 2 is 1.71 bits per heavy atom. The van der Waals surface area contributed by atoms with Gasteiger partial charge >= 0.3 is 5.97 Å². The predicted molar refractivity (Wildman–Crippen MR) is 87.4 cm³/mol. The number of benzene rings is 1. The van der Waals surface area contributed by atoms with Crippen molar-refractivity contribution in [2.24, 2.45) is 0 Å². The van der Waals surface area contributed by atoms with Crippen molar-refractivity contribution in [1.82, 2.24) is 5.32 Å². The molecule has 0 saturated heterocycles. The first-order valence-electron chi connectivity index (χ1n) is 7.61. The molecule has 0 saturated carbocycles. The van der Waals surface area contributed by atoms with Gasteiger partial charge in [-0.1, -0.05) is 44.2 Å². The molecule has 3 nitrogen and oxygen atoms in total. The van der Waals surface area contributed by atoms with Crippen molar-refractivity contribution in [2.45, 2.75) is 65.0 Å². The molecule has 0 radical (unpaired) electrons. The SMILES string of the molecule is CC(CC(C)(C)c1ccccc1)NCC(=O)OC(C)(C)C. The van der Waals surface area contributed by atoms with Crippen LogP contribution in [0.1, 0.15) is 53.5 Å². The Kier molecular flexibility index (Phi) is 5.97. The van der Waals surface area contributed by atoms with Crippen molar-refractivity contribution in [2.75, 3.05) is 6.54 Å². The summed E-state index contributed by atoms with van der Waals surface area (Å²) in [5, 5.41) is 3.26. The van der Waals surface area contributed by atoms with Gasteiger partial charge in [0.2, 0.25) is 0 Å². The summed E-state index contributed by atoms with van der Waals surface area (Å²) in [7, 11) is 0. The minimum atomic E-state index is -0.425. The fraction of sp³-hybridized carbons (Fsp3) is 0.611. The van der Waals surface area contributed by atoms with Crippen molar-refractivity contribution in [3.63, 3.8) is 0 Å². The molecule has 118 valence electrons. The first-order valence-corrected chi connectivity index (χ1v) is 7.61. The number of hydrogen-bond acceptors (Lipinski definition) is 3. The number of hydrogen-bond donors (Lipinski definition) is 1. The summed E-state index contributed by atoms with van der Waals surface area (Å²) < 4.78 is 5.30. The minimum absolute atomic E-state index is 0.0710. The fourth-order valence-corrected chi connectivity index (χ4v) is 2.48. The highest BCUT2D eigenvalue weighted by Gasteiger charge is 2.24. The van der Waals surface area contributed by atoms with Crippen LogP contribution in [-0.2, 0) is 14.9 Å². The maximum Gasteiger partial charge on any atom is 0.320 e. The molecule has 1 aromatic carbocycles. The summed E-state index contributed by atoms with van der Waals surface area (Å²) in [6, 6.07) is 10.7. The molecule has 21 heavy (non-hydrogen) atoms. The zero-order valence-electron chi connectivity index (χ0n) is 14.2. The highest BCUT2D eigenvalue weighted by molar-refractivity contribution is 5.72. The zero-order valence-corrected chi connectivity index (χ0v) is 14.2. The van der Waals surface area contributed by atoms with E-state index in [4.69, 9.17) is 4.74 Å². The Morgan fingerprint density at radius 3 is 2.24 bits per heavy atom. The van der Waals surface area contributed by atoms with Crippen LogP contribution in [0.4, 0.5) is 0 Å². The standard InChI is InChI=1S/C18H29NO2/c1-14(19-13-16(20)21-17(2,3)4)12-18(5,6)15-10-8-7-9-11-15/h7-11,14,19H,12-13H2,1-6H3. The van der Waals surface area contributed by atoms with E-state index in [1.54, 1.807) is 0 Å². The summed E-state index contributed by atoms with van der Waals surface area (Å²) >= 11 is 0. The smallest absolute Gasteiger partial charge is 0.320 e. The Hall–Kier alpha value is -1.35. The predicted octanol–water partition coefficient (Wildman–Crippen LogP) is 3.67. The van der Waals surface area contributed by atoms with E-state index >= 15 is 0 Å². The molecule has 0 bridgehead atoms. The molecule has 0 aromatic heterocycles. The molecule has 1 rings (SSSR count). The van der Waals surface area contributed by atoms with E-state index in [0.717, 1.165) is 6.42 Å². The monoisotopic (exact) mass is 291 g/mol. The summed E-state index contributed by atoms with van der Waals surface area (Å²) in [5.74, 6) is -0.202. The normalized spacial score (nSPS) is 13.8. The molecule has 0 heterocycles. The molecule has 1 atom stereocenters. The fourth-order valence-electron chi connectivity index (χ4n) is 2.48. The Labute approximate surface area is 129 Å². The molecule has 3 heteroatoms. The second-order valence-electron chi connectivity index (χ2n) is 7.32. The topological polar surface area (TPSA) is 38.3 Å². The van der Waals surface area contributed by atoms with Gasteiger partial charge in [0.1, 0.15) is 5.60 Å². The maximum absolute atomic E-state index is 11.7. The average molecular weight is 291 g/mol. The molecular weight excluding hydrogens is 262 g/mol. The first kappa shape index (κ1) is 17.7. The van der Waals surface area contributed by atoms with E-state index in [9.17, 15) is 4.79 Å². The van der Waals surface area contributed by atoms with Gasteiger partial charge < -0.3 is 10.1 Å². The van der Waals surface area contributed by atoms with Crippen LogP contribution in [-0.4, -0.2) is 24.2 Å². The summed E-state index contributed by atoms with van der Waals surface area (Å²) in [4.78, 5) is 11.7. The molecule has 1 N–H and O–H groups in total. The Balaban J connectivity index is 2.47. The van der Waals surface area contributed by atoms with Gasteiger partial charge in [0, 0.05) is 6.04 Å². The molecule has 0 spiro atoms. The second-order valence-corrected chi connectivity index (χ2v) is 7.32. The average Bonchev–Trinajstić information content (AvgIpc) is 2.35. The zero-order chi connectivity index (χ0) is 16.1. The number of esters is 1. The number of carbonyl (C=O) groups is 1. The lowest BCUT2D eigenvalue weighted by molar-refractivity contribution is -0.153. The second kappa shape index (κ2) is 7.08. The maximum atomic E-state index is 11.7. The van der Waals surface area contributed by atoms with Gasteiger partial charge in [-0.15, -0.1) is 0 Å². The van der Waals surface area contributed by atoms with Gasteiger partial charge in [-0.05, 0) is 45.1 Å². The van der Waals surface area contributed by atoms with Gasteiger partial charge in [-0.3, -0.25) is 4.79 Å². The van der Waals surface area contributed by atoms with Crippen molar-refractivity contribution >= 4 is 5.97 Å². The Morgan fingerprint density at radius 1 is 1.14 bits per heavy atom. The molecule has 0 aliphatic rings. The van der Waals surface area contributed by atoms with Crippen molar-refractivity contribution in [3.8, 4) is 0 Å². The van der Waals surface area contributed by atoms with E-state index in [-0.39, 0.29) is 24.0 Å². The highest BCUT2D eigenvalue weighted by Crippen LogP contribution is 2.28. The molecule has 1 unspecified atom stereocenters. The van der Waals surface area contributed by atoms with E-state index in [2.05, 4.69) is 50.4 Å². The minimum Gasteiger partial charge on any atom is -0.459 e. The Bertz CT molecular complexity index is 446. The molecular formula is C18H29NO2. The lowest BCUT2D eigenvalue weighted by Crippen LogP contribution is -2.38. The molecule has 0 amide bonds. The van der Waals surface area contributed by atoms with Crippen LogP contribution in [0.2, 0.25) is 0 Å². The lowest BCUT2D eigenvalue weighted by Gasteiger charge is -2.29. The molecule has 0 aliphatic heterocycles. The van der Waals surface area contributed by atoms with Crippen LogP contribution in [0, 0.1) is 0 Å². The lowest BCUT2D eigenvalue weighted by atomic mass is 9.79. The number of rotatable bonds is 6. The van der Waals surface area contributed by atoms with Crippen LogP contribution in [0.25, 0.3) is 0 Å². The van der Waals surface area contributed by atoms with Crippen LogP contribution < -0.4 is 5.32 Å². The van der Waals surface area contributed by atoms with Crippen LogP contribution >= 0.6 is 0 Å². The van der Waals surface area contributed by atoms with Crippen molar-refractivity contribution < 1.29 is 9.53 Å². The summed E-state index contributed by atoms with van der Waals surface area (Å²) in [6.45, 7) is 12.5. The van der Waals surface area contributed by atoms with Crippen LogP contribution in [0.5, 0.6) is 0 Å². The van der Waals surface area contributed by atoms with Gasteiger partial charge in [0.15, 0.2) is 0 Å². The number of nitrogens with one attached hydrogen (secondary N) is 1. The van der Waals surface area contributed by atoms with E-state index in [1.165, 1.54) is 5.56 Å². The molecule has 0 fully saturated rings. The number of carbonyl (C=O) groups excluding carboxylic acids is 1. The van der Waals surface area contributed by atoms with Crippen molar-refractivity contribution in [3.05, 3.63) is 35.9 Å². The third-order valence-electron chi connectivity index (χ3n) is 3.39. The van der Waals surface area contributed by atoms with E-state index in [0.29, 0.717) is 0 Å². The number of ether oxygens (including phenoxy) is 1. The molecule has 0 aliphatic carbocycles. The third kappa shape index (κ3) is 6.76. The van der Waals surface area contributed by atoms with Crippen molar-refractivity contribution in [1.29, 1.82) is 0 Å². The van der Waals surface area contributed by atoms with E-state index in [1.807, 2.05) is 26.8 Å². The van der Waals surface area contributed by atoms with Gasteiger partial charge in [0.25, 0.3) is 0 Å². The molecule has 1 aromatic rings.